The number of rotatable bonds is 8. The quantitative estimate of drug-likeness (QED) is 0.652. The van der Waals surface area contributed by atoms with Gasteiger partial charge in [0.1, 0.15) is 5.75 Å². The maximum Gasteiger partial charge on any atom is 0.226 e. The lowest BCUT2D eigenvalue weighted by Crippen LogP contribution is -2.47. The first kappa shape index (κ1) is 23.3. The first-order chi connectivity index (χ1) is 16.1. The highest BCUT2D eigenvalue weighted by Gasteiger charge is 2.29. The van der Waals surface area contributed by atoms with Crippen molar-refractivity contribution in [3.63, 3.8) is 0 Å². The molecule has 2 fully saturated rings. The van der Waals surface area contributed by atoms with Crippen LogP contribution in [-0.4, -0.2) is 53.1 Å². The molecule has 0 bridgehead atoms. The summed E-state index contributed by atoms with van der Waals surface area (Å²) in [6.45, 7) is 1.26. The summed E-state index contributed by atoms with van der Waals surface area (Å²) >= 11 is 0. The molecular weight excluding hydrogens is 420 g/mol. The highest BCUT2D eigenvalue weighted by molar-refractivity contribution is 5.81. The van der Waals surface area contributed by atoms with Gasteiger partial charge in [-0.15, -0.1) is 0 Å². The highest BCUT2D eigenvalue weighted by Crippen LogP contribution is 2.22. The molecule has 1 aromatic carbocycles. The Labute approximate surface area is 195 Å². The number of likely N-dealkylation sites (tertiary alicyclic amines) is 1. The molecule has 8 nitrogen and oxygen atoms in total. The van der Waals surface area contributed by atoms with Crippen LogP contribution in [-0.2, 0) is 16.0 Å². The molecule has 33 heavy (non-hydrogen) atoms. The number of ether oxygens (including phenoxy) is 1. The number of carbonyl (C=O) groups is 2. The van der Waals surface area contributed by atoms with Crippen molar-refractivity contribution in [1.29, 1.82) is 0 Å². The van der Waals surface area contributed by atoms with Gasteiger partial charge in [0.25, 0.3) is 0 Å². The Bertz CT molecular complexity index is 921. The van der Waals surface area contributed by atoms with Gasteiger partial charge in [0.05, 0.1) is 13.0 Å². The first-order valence-electron chi connectivity index (χ1n) is 12.2. The van der Waals surface area contributed by atoms with Crippen molar-refractivity contribution in [2.75, 3.05) is 20.2 Å². The Morgan fingerprint density at radius 2 is 1.91 bits per heavy atom. The molecule has 1 saturated heterocycles. The van der Waals surface area contributed by atoms with Crippen molar-refractivity contribution in [2.24, 2.45) is 5.92 Å². The monoisotopic (exact) mass is 454 g/mol. The van der Waals surface area contributed by atoms with Gasteiger partial charge in [-0.2, -0.15) is 4.98 Å². The van der Waals surface area contributed by atoms with E-state index in [1.807, 2.05) is 29.2 Å². The van der Waals surface area contributed by atoms with Crippen LogP contribution in [0.15, 0.2) is 28.8 Å². The second kappa shape index (κ2) is 11.3. The molecule has 8 heteroatoms. The van der Waals surface area contributed by atoms with Crippen molar-refractivity contribution in [2.45, 2.75) is 70.3 Å². The molecule has 1 aromatic heterocycles. The lowest BCUT2D eigenvalue weighted by atomic mass is 9.93. The Morgan fingerprint density at radius 3 is 2.67 bits per heavy atom. The summed E-state index contributed by atoms with van der Waals surface area (Å²) in [4.78, 5) is 31.7. The third-order valence-electron chi connectivity index (χ3n) is 6.69. The number of hydrogen-bond acceptors (Lipinski definition) is 6. The number of nitrogens with one attached hydrogen (secondary N) is 1. The molecule has 1 N–H and O–H groups in total. The summed E-state index contributed by atoms with van der Waals surface area (Å²) in [7, 11) is 1.62. The van der Waals surface area contributed by atoms with Crippen LogP contribution in [0.2, 0.25) is 0 Å². The van der Waals surface area contributed by atoms with Crippen molar-refractivity contribution in [3.05, 3.63) is 30.2 Å². The number of hydrogen-bond donors (Lipinski definition) is 1. The molecule has 1 aliphatic heterocycles. The van der Waals surface area contributed by atoms with Gasteiger partial charge in [0.15, 0.2) is 0 Å². The molecule has 1 aliphatic carbocycles. The molecule has 2 amide bonds. The van der Waals surface area contributed by atoms with E-state index in [9.17, 15) is 9.59 Å². The average Bonchev–Trinajstić information content (AvgIpc) is 3.33. The number of benzene rings is 1. The standard InChI is InChI=1S/C25H34N4O4/c1-32-21-14-12-18(13-15-21)24-27-22(33-28-24)10-5-11-23(30)29-16-6-7-19(17-29)25(31)26-20-8-3-2-4-9-20/h12-15,19-20H,2-11,16-17H2,1H3,(H,26,31). The van der Waals surface area contributed by atoms with Crippen molar-refractivity contribution in [3.8, 4) is 17.1 Å². The van der Waals surface area contributed by atoms with Gasteiger partial charge in [-0.25, -0.2) is 0 Å². The van der Waals surface area contributed by atoms with Crippen LogP contribution in [0.4, 0.5) is 0 Å². The minimum atomic E-state index is -0.0902. The van der Waals surface area contributed by atoms with Gasteiger partial charge in [0, 0.05) is 37.5 Å². The fraction of sp³-hybridized carbons (Fsp3) is 0.600. The molecule has 1 atom stereocenters. The van der Waals surface area contributed by atoms with E-state index in [4.69, 9.17) is 9.26 Å². The number of aryl methyl sites for hydroxylation is 1. The van der Waals surface area contributed by atoms with Crippen LogP contribution in [0.1, 0.15) is 63.7 Å². The summed E-state index contributed by atoms with van der Waals surface area (Å²) in [6.07, 6.45) is 9.16. The fourth-order valence-electron chi connectivity index (χ4n) is 4.75. The lowest BCUT2D eigenvalue weighted by molar-refractivity contribution is -0.136. The van der Waals surface area contributed by atoms with Crippen molar-refractivity contribution >= 4 is 11.8 Å². The van der Waals surface area contributed by atoms with E-state index >= 15 is 0 Å². The summed E-state index contributed by atoms with van der Waals surface area (Å²) in [5.74, 6) is 1.95. The Balaban J connectivity index is 1.21. The van der Waals surface area contributed by atoms with Gasteiger partial charge >= 0.3 is 0 Å². The van der Waals surface area contributed by atoms with E-state index in [0.29, 0.717) is 43.6 Å². The predicted octanol–water partition coefficient (Wildman–Crippen LogP) is 3.76. The molecular formula is C25H34N4O4. The van der Waals surface area contributed by atoms with Crippen LogP contribution in [0.3, 0.4) is 0 Å². The first-order valence-corrected chi connectivity index (χ1v) is 12.2. The molecule has 0 radical (unpaired) electrons. The molecule has 2 aliphatic rings. The number of carbonyl (C=O) groups excluding carboxylic acids is 2. The third-order valence-corrected chi connectivity index (χ3v) is 6.69. The van der Waals surface area contributed by atoms with E-state index in [1.54, 1.807) is 7.11 Å². The molecule has 4 rings (SSSR count). The summed E-state index contributed by atoms with van der Waals surface area (Å²) in [5.41, 5.74) is 0.854. The average molecular weight is 455 g/mol. The maximum absolute atomic E-state index is 12.7. The van der Waals surface area contributed by atoms with Gasteiger partial charge < -0.3 is 19.5 Å². The van der Waals surface area contributed by atoms with Crippen LogP contribution >= 0.6 is 0 Å². The molecule has 0 spiro atoms. The summed E-state index contributed by atoms with van der Waals surface area (Å²) in [5, 5.41) is 7.26. The second-order valence-electron chi connectivity index (χ2n) is 9.12. The molecule has 2 aromatic rings. The number of aromatic nitrogens is 2. The zero-order chi connectivity index (χ0) is 23.0. The van der Waals surface area contributed by atoms with E-state index in [2.05, 4.69) is 15.5 Å². The normalized spacial score (nSPS) is 19.3. The molecule has 2 heterocycles. The van der Waals surface area contributed by atoms with Crippen LogP contribution in [0.5, 0.6) is 5.75 Å². The second-order valence-corrected chi connectivity index (χ2v) is 9.12. The topological polar surface area (TPSA) is 97.6 Å². The van der Waals surface area contributed by atoms with Gasteiger partial charge in [0.2, 0.25) is 23.5 Å². The number of nitrogens with zero attached hydrogens (tertiary/aromatic N) is 3. The SMILES string of the molecule is COc1ccc(-c2noc(CCCC(=O)N3CCCC(C(=O)NC4CCCCC4)C3)n2)cc1. The van der Waals surface area contributed by atoms with Crippen molar-refractivity contribution in [1.82, 2.24) is 20.4 Å². The van der Waals surface area contributed by atoms with Gasteiger partial charge in [-0.1, -0.05) is 24.4 Å². The predicted molar refractivity (Wildman–Crippen MR) is 124 cm³/mol. The Kier molecular flexibility index (Phi) is 7.96. The van der Waals surface area contributed by atoms with E-state index < -0.39 is 0 Å². The molecule has 1 saturated carbocycles. The van der Waals surface area contributed by atoms with Crippen LogP contribution < -0.4 is 10.1 Å². The van der Waals surface area contributed by atoms with Crippen LogP contribution in [0.25, 0.3) is 11.4 Å². The number of piperidine rings is 1. The molecule has 1 unspecified atom stereocenters. The zero-order valence-corrected chi connectivity index (χ0v) is 19.4. The minimum Gasteiger partial charge on any atom is -0.497 e. The largest absolute Gasteiger partial charge is 0.497 e. The lowest BCUT2D eigenvalue weighted by Gasteiger charge is -2.33. The van der Waals surface area contributed by atoms with Gasteiger partial charge in [-0.3, -0.25) is 9.59 Å². The zero-order valence-electron chi connectivity index (χ0n) is 19.4. The van der Waals surface area contributed by atoms with E-state index in [-0.39, 0.29) is 17.7 Å². The third kappa shape index (κ3) is 6.33. The van der Waals surface area contributed by atoms with E-state index in [1.165, 1.54) is 19.3 Å². The number of amides is 2. The van der Waals surface area contributed by atoms with Crippen molar-refractivity contribution < 1.29 is 18.8 Å². The van der Waals surface area contributed by atoms with Crippen LogP contribution in [0, 0.1) is 5.92 Å². The van der Waals surface area contributed by atoms with Gasteiger partial charge in [-0.05, 0) is 56.4 Å². The fourth-order valence-corrected chi connectivity index (χ4v) is 4.75. The summed E-state index contributed by atoms with van der Waals surface area (Å²) < 4.78 is 10.5. The highest BCUT2D eigenvalue weighted by atomic mass is 16.5. The smallest absolute Gasteiger partial charge is 0.226 e. The number of methoxy groups -OCH3 is 1. The summed E-state index contributed by atoms with van der Waals surface area (Å²) in [6, 6.07) is 7.79. The van der Waals surface area contributed by atoms with E-state index in [0.717, 1.165) is 43.5 Å². The Morgan fingerprint density at radius 1 is 1.12 bits per heavy atom. The minimum absolute atomic E-state index is 0.0902. The molecule has 178 valence electrons. The maximum atomic E-state index is 12.7. The Hall–Kier alpha value is -2.90.